The lowest BCUT2D eigenvalue weighted by Gasteiger charge is -2.30. The van der Waals surface area contributed by atoms with Crippen molar-refractivity contribution in [3.8, 4) is 0 Å². The van der Waals surface area contributed by atoms with Gasteiger partial charge in [0.25, 0.3) is 0 Å². The Morgan fingerprint density at radius 2 is 2.00 bits per heavy atom. The summed E-state index contributed by atoms with van der Waals surface area (Å²) in [6, 6.07) is 0. The normalized spacial score (nSPS) is 21.1. The van der Waals surface area contributed by atoms with Crippen LogP contribution in [0.2, 0.25) is 0 Å². The molecule has 22 heavy (non-hydrogen) atoms. The third-order valence-electron chi connectivity index (χ3n) is 4.78. The summed E-state index contributed by atoms with van der Waals surface area (Å²) in [4.78, 5) is 9.08. The van der Waals surface area contributed by atoms with Crippen LogP contribution in [0.5, 0.6) is 0 Å². The first-order valence-electron chi connectivity index (χ1n) is 8.91. The number of ether oxygens (including phenoxy) is 1. The van der Waals surface area contributed by atoms with Gasteiger partial charge >= 0.3 is 0 Å². The van der Waals surface area contributed by atoms with Crippen LogP contribution in [0.3, 0.4) is 0 Å². The van der Waals surface area contributed by atoms with Gasteiger partial charge in [-0.2, -0.15) is 0 Å². The predicted octanol–water partition coefficient (Wildman–Crippen LogP) is 1.65. The summed E-state index contributed by atoms with van der Waals surface area (Å²) in [5.74, 6) is 2.72. The van der Waals surface area contributed by atoms with E-state index < -0.39 is 0 Å². The van der Waals surface area contributed by atoms with Crippen LogP contribution in [0.25, 0.3) is 0 Å². The largest absolute Gasteiger partial charge is 0.379 e. The molecule has 2 rings (SSSR count). The molecule has 128 valence electrons. The second-order valence-corrected chi connectivity index (χ2v) is 6.94. The zero-order chi connectivity index (χ0) is 15.8. The summed E-state index contributed by atoms with van der Waals surface area (Å²) < 4.78 is 5.70. The van der Waals surface area contributed by atoms with Crippen LogP contribution in [-0.4, -0.2) is 75.8 Å². The number of rotatable bonds is 8. The second-order valence-electron chi connectivity index (χ2n) is 6.94. The number of likely N-dealkylation sites (tertiary alicyclic amines) is 1. The first kappa shape index (κ1) is 17.5. The van der Waals surface area contributed by atoms with Gasteiger partial charge in [-0.15, -0.1) is 0 Å². The molecule has 0 aromatic rings. The zero-order valence-electron chi connectivity index (χ0n) is 14.7. The number of nitrogens with one attached hydrogen (secondary N) is 1. The Labute approximate surface area is 136 Å². The van der Waals surface area contributed by atoms with Crippen LogP contribution in [-0.2, 0) is 4.74 Å². The minimum Gasteiger partial charge on any atom is -0.379 e. The fraction of sp³-hybridized carbons (Fsp3) is 0.941. The van der Waals surface area contributed by atoms with Crippen molar-refractivity contribution in [1.29, 1.82) is 0 Å². The first-order valence-corrected chi connectivity index (χ1v) is 8.91. The van der Waals surface area contributed by atoms with E-state index in [1.807, 2.05) is 7.05 Å². The Morgan fingerprint density at radius 1 is 1.27 bits per heavy atom. The minimum atomic E-state index is 0.789. The molecule has 1 saturated carbocycles. The predicted molar refractivity (Wildman–Crippen MR) is 92.4 cm³/mol. The summed E-state index contributed by atoms with van der Waals surface area (Å²) in [7, 11) is 3.94. The quantitative estimate of drug-likeness (QED) is 0.420. The van der Waals surface area contributed by atoms with Gasteiger partial charge in [0.1, 0.15) is 0 Å². The Morgan fingerprint density at radius 3 is 2.64 bits per heavy atom. The summed E-state index contributed by atoms with van der Waals surface area (Å²) in [5, 5.41) is 3.47. The van der Waals surface area contributed by atoms with Crippen LogP contribution in [0.1, 0.15) is 32.6 Å². The number of nitrogens with zero attached hydrogens (tertiary/aromatic N) is 3. The molecule has 0 aromatic carbocycles. The van der Waals surface area contributed by atoms with E-state index in [1.54, 1.807) is 0 Å². The van der Waals surface area contributed by atoms with Crippen molar-refractivity contribution in [2.75, 3.05) is 60.0 Å². The number of piperidine rings is 1. The highest BCUT2D eigenvalue weighted by atomic mass is 16.5. The molecular weight excluding hydrogens is 276 g/mol. The monoisotopic (exact) mass is 310 g/mol. The standard InChI is InChI=1S/C17H34N4O/c1-15-6-9-21(10-7-15)11-8-19-17(18-2)20(3)12-13-22-14-16-4-5-16/h15-16H,4-14H2,1-3H3,(H,18,19). The van der Waals surface area contributed by atoms with E-state index in [9.17, 15) is 0 Å². The van der Waals surface area contributed by atoms with Gasteiger partial charge in [0.15, 0.2) is 5.96 Å². The molecule has 0 atom stereocenters. The van der Waals surface area contributed by atoms with E-state index in [-0.39, 0.29) is 0 Å². The van der Waals surface area contributed by atoms with Crippen molar-refractivity contribution in [3.63, 3.8) is 0 Å². The van der Waals surface area contributed by atoms with Gasteiger partial charge in [-0.05, 0) is 50.6 Å². The van der Waals surface area contributed by atoms with Gasteiger partial charge in [-0.1, -0.05) is 6.92 Å². The van der Waals surface area contributed by atoms with Gasteiger partial charge in [-0.3, -0.25) is 4.99 Å². The highest BCUT2D eigenvalue weighted by Crippen LogP contribution is 2.28. The molecule has 0 unspecified atom stereocenters. The third kappa shape index (κ3) is 6.53. The van der Waals surface area contributed by atoms with E-state index in [1.165, 1.54) is 38.8 Å². The molecule has 0 radical (unpaired) electrons. The maximum Gasteiger partial charge on any atom is 0.193 e. The van der Waals surface area contributed by atoms with Crippen LogP contribution < -0.4 is 5.32 Å². The molecule has 0 aromatic heterocycles. The Bertz CT molecular complexity index is 336. The van der Waals surface area contributed by atoms with Crippen molar-refractivity contribution < 1.29 is 4.74 Å². The number of hydrogen-bond acceptors (Lipinski definition) is 3. The molecule has 5 nitrogen and oxygen atoms in total. The average molecular weight is 310 g/mol. The average Bonchev–Trinajstić information content (AvgIpc) is 3.34. The summed E-state index contributed by atoms with van der Waals surface area (Å²) in [5.41, 5.74) is 0. The van der Waals surface area contributed by atoms with E-state index >= 15 is 0 Å². The molecule has 1 aliphatic carbocycles. The highest BCUT2D eigenvalue weighted by Gasteiger charge is 2.21. The van der Waals surface area contributed by atoms with Crippen LogP contribution in [0.15, 0.2) is 4.99 Å². The molecule has 1 N–H and O–H groups in total. The summed E-state index contributed by atoms with van der Waals surface area (Å²) in [6.45, 7) is 9.54. The van der Waals surface area contributed by atoms with E-state index in [0.717, 1.165) is 50.6 Å². The molecule has 0 amide bonds. The topological polar surface area (TPSA) is 40.1 Å². The lowest BCUT2D eigenvalue weighted by atomic mass is 9.99. The van der Waals surface area contributed by atoms with Crippen LogP contribution in [0.4, 0.5) is 0 Å². The van der Waals surface area contributed by atoms with Crippen molar-refractivity contribution in [1.82, 2.24) is 15.1 Å². The summed E-state index contributed by atoms with van der Waals surface area (Å²) in [6.07, 6.45) is 5.39. The zero-order valence-corrected chi connectivity index (χ0v) is 14.7. The molecule has 1 heterocycles. The maximum absolute atomic E-state index is 5.70. The third-order valence-corrected chi connectivity index (χ3v) is 4.78. The number of likely N-dealkylation sites (N-methyl/N-ethyl adjacent to an activating group) is 1. The van der Waals surface area contributed by atoms with Crippen molar-refractivity contribution in [2.45, 2.75) is 32.6 Å². The lowest BCUT2D eigenvalue weighted by molar-refractivity contribution is 0.115. The van der Waals surface area contributed by atoms with Gasteiger partial charge in [-0.25, -0.2) is 0 Å². The molecule has 2 fully saturated rings. The number of hydrogen-bond donors (Lipinski definition) is 1. The number of guanidine groups is 1. The Balaban J connectivity index is 1.55. The van der Waals surface area contributed by atoms with E-state index in [2.05, 4.69) is 34.1 Å². The van der Waals surface area contributed by atoms with Gasteiger partial charge in [0.2, 0.25) is 0 Å². The first-order chi connectivity index (χ1) is 10.7. The van der Waals surface area contributed by atoms with Crippen molar-refractivity contribution >= 4 is 5.96 Å². The Kier molecular flexibility index (Phi) is 7.46. The molecule has 5 heteroatoms. The second kappa shape index (κ2) is 9.36. The van der Waals surface area contributed by atoms with E-state index in [4.69, 9.17) is 4.74 Å². The van der Waals surface area contributed by atoms with Gasteiger partial charge in [0.05, 0.1) is 6.61 Å². The van der Waals surface area contributed by atoms with Gasteiger partial charge < -0.3 is 19.9 Å². The van der Waals surface area contributed by atoms with Crippen molar-refractivity contribution in [2.24, 2.45) is 16.8 Å². The number of aliphatic imine (C=N–C) groups is 1. The van der Waals surface area contributed by atoms with E-state index in [0.29, 0.717) is 0 Å². The van der Waals surface area contributed by atoms with Gasteiger partial charge in [0, 0.05) is 40.3 Å². The van der Waals surface area contributed by atoms with Crippen LogP contribution in [0, 0.1) is 11.8 Å². The Hall–Kier alpha value is -0.810. The molecular formula is C17H34N4O. The molecule has 2 aliphatic rings. The SMILES string of the molecule is CN=C(NCCN1CCC(C)CC1)N(C)CCOCC1CC1. The lowest BCUT2D eigenvalue weighted by Crippen LogP contribution is -2.44. The smallest absolute Gasteiger partial charge is 0.193 e. The molecule has 0 bridgehead atoms. The molecule has 1 aliphatic heterocycles. The fourth-order valence-corrected chi connectivity index (χ4v) is 2.84. The van der Waals surface area contributed by atoms with Crippen molar-refractivity contribution in [3.05, 3.63) is 0 Å². The molecule has 1 saturated heterocycles. The highest BCUT2D eigenvalue weighted by molar-refractivity contribution is 5.79. The summed E-state index contributed by atoms with van der Waals surface area (Å²) >= 11 is 0. The van der Waals surface area contributed by atoms with Crippen LogP contribution >= 0.6 is 0 Å². The molecule has 0 spiro atoms. The fourth-order valence-electron chi connectivity index (χ4n) is 2.84. The minimum absolute atomic E-state index is 0.789. The maximum atomic E-state index is 5.70.